The molecule has 12 heteroatoms. The Morgan fingerprint density at radius 1 is 1.24 bits per heavy atom. The second-order valence-electron chi connectivity index (χ2n) is 7.24. The third-order valence-corrected chi connectivity index (χ3v) is 5.41. The summed E-state index contributed by atoms with van der Waals surface area (Å²) in [6.45, 7) is -0.599. The molecule has 1 amide bonds. The Hall–Kier alpha value is -3.83. The topological polar surface area (TPSA) is 120 Å². The van der Waals surface area contributed by atoms with E-state index in [4.69, 9.17) is 16.7 Å². The number of fused-ring (bicyclic) bond motifs is 1. The number of aromatic amines is 1. The van der Waals surface area contributed by atoms with E-state index in [1.165, 1.54) is 24.4 Å². The van der Waals surface area contributed by atoms with Crippen molar-refractivity contribution in [1.29, 1.82) is 0 Å². The Morgan fingerprint density at radius 2 is 2.00 bits per heavy atom. The van der Waals surface area contributed by atoms with Crippen LogP contribution in [-0.2, 0) is 4.79 Å². The predicted molar refractivity (Wildman–Crippen MR) is 119 cm³/mol. The predicted octanol–water partition coefficient (Wildman–Crippen LogP) is 2.91. The Balaban J connectivity index is 1.81. The number of rotatable bonds is 6. The second kappa shape index (κ2) is 9.20. The maximum atomic E-state index is 14.2. The summed E-state index contributed by atoms with van der Waals surface area (Å²) in [6, 6.07) is 3.83. The highest BCUT2D eigenvalue weighted by atomic mass is 35.5. The van der Waals surface area contributed by atoms with E-state index >= 15 is 0 Å². The molecule has 0 fully saturated rings. The van der Waals surface area contributed by atoms with Crippen LogP contribution >= 0.6 is 11.6 Å². The van der Waals surface area contributed by atoms with E-state index in [2.05, 4.69) is 15.3 Å². The first-order valence-electron chi connectivity index (χ1n) is 9.84. The fraction of sp³-hybridized carbons (Fsp3) is 0.136. The van der Waals surface area contributed by atoms with Crippen LogP contribution in [0.15, 0.2) is 40.1 Å². The number of hydrogen-bond acceptors (Lipinski definition) is 5. The number of aromatic nitrogens is 2. The van der Waals surface area contributed by atoms with Gasteiger partial charge in [0.2, 0.25) is 11.8 Å². The zero-order valence-corrected chi connectivity index (χ0v) is 17.9. The minimum Gasteiger partial charge on any atom is -0.493 e. The van der Waals surface area contributed by atoms with Gasteiger partial charge in [0.15, 0.2) is 17.5 Å². The number of aromatic hydroxyl groups is 1. The summed E-state index contributed by atoms with van der Waals surface area (Å²) in [6.07, 6.45) is 2.61. The Kier molecular flexibility index (Phi) is 6.31. The second-order valence-corrected chi connectivity index (χ2v) is 7.65. The third kappa shape index (κ3) is 4.11. The summed E-state index contributed by atoms with van der Waals surface area (Å²) in [5.74, 6) is -4.71. The fourth-order valence-corrected chi connectivity index (χ4v) is 3.70. The van der Waals surface area contributed by atoms with Crippen LogP contribution in [0.3, 0.4) is 0 Å². The molecule has 0 saturated carbocycles. The molecule has 1 unspecified atom stereocenters. The van der Waals surface area contributed by atoms with Gasteiger partial charge in [-0.15, -0.1) is 0 Å². The first-order chi connectivity index (χ1) is 16.2. The number of aliphatic hydroxyl groups is 1. The Labute approximate surface area is 194 Å². The number of allylic oxidation sites excluding steroid dienone is 1. The van der Waals surface area contributed by atoms with Crippen molar-refractivity contribution in [2.75, 3.05) is 13.2 Å². The van der Waals surface area contributed by atoms with E-state index in [1.807, 2.05) is 0 Å². The van der Waals surface area contributed by atoms with Crippen LogP contribution in [-0.4, -0.2) is 45.0 Å². The molecule has 2 aromatic carbocycles. The molecule has 34 heavy (non-hydrogen) atoms. The van der Waals surface area contributed by atoms with Crippen molar-refractivity contribution < 1.29 is 28.2 Å². The number of carbonyl (C=O) groups excluding carboxylic acids is 1. The molecule has 4 N–H and O–H groups in total. The van der Waals surface area contributed by atoms with Gasteiger partial charge in [0, 0.05) is 23.9 Å². The minimum absolute atomic E-state index is 0.0111. The number of H-pyrrole nitrogens is 1. The van der Waals surface area contributed by atoms with Gasteiger partial charge >= 0.3 is 5.69 Å². The third-order valence-electron chi connectivity index (χ3n) is 5.12. The van der Waals surface area contributed by atoms with Gasteiger partial charge in [0.1, 0.15) is 17.4 Å². The zero-order chi connectivity index (χ0) is 24.6. The number of hydrogen-bond donors (Lipinski definition) is 4. The molecule has 2 heterocycles. The average Bonchev–Trinajstić information content (AvgIpc) is 3.33. The van der Waals surface area contributed by atoms with Gasteiger partial charge < -0.3 is 20.5 Å². The van der Waals surface area contributed by atoms with Gasteiger partial charge in [0.05, 0.1) is 11.6 Å². The number of nitrogens with one attached hydrogen (secondary N) is 2. The van der Waals surface area contributed by atoms with E-state index in [0.717, 1.165) is 18.2 Å². The molecule has 1 aliphatic heterocycles. The van der Waals surface area contributed by atoms with Crippen LogP contribution in [0.4, 0.5) is 18.9 Å². The van der Waals surface area contributed by atoms with Crippen molar-refractivity contribution in [2.24, 2.45) is 4.99 Å². The maximum Gasteiger partial charge on any atom is 0.329 e. The van der Waals surface area contributed by atoms with Gasteiger partial charge in [-0.3, -0.25) is 9.79 Å². The average molecular weight is 493 g/mol. The monoisotopic (exact) mass is 492 g/mol. The van der Waals surface area contributed by atoms with E-state index in [1.54, 1.807) is 0 Å². The van der Waals surface area contributed by atoms with E-state index in [0.29, 0.717) is 15.7 Å². The molecule has 3 aromatic rings. The number of halogens is 4. The number of benzene rings is 2. The molecule has 1 atom stereocenters. The lowest BCUT2D eigenvalue weighted by atomic mass is 10.0. The molecule has 0 aliphatic carbocycles. The lowest BCUT2D eigenvalue weighted by molar-refractivity contribution is -0.123. The molecular formula is C22H16ClF3N4O4. The van der Waals surface area contributed by atoms with E-state index < -0.39 is 47.6 Å². The molecule has 8 nitrogen and oxygen atoms in total. The molecule has 1 aromatic heterocycles. The van der Waals surface area contributed by atoms with Crippen LogP contribution in [0.25, 0.3) is 11.6 Å². The molecule has 4 rings (SSSR count). The quantitative estimate of drug-likeness (QED) is 0.423. The highest BCUT2D eigenvalue weighted by molar-refractivity contribution is 6.31. The SMILES string of the molecule is O=C(NCCO)C(c1ccc(F)c(F)c1)n1c(O)c(C=C2C=Nc3c2ccc(Cl)c3F)[nH]c1=O. The first kappa shape index (κ1) is 23.3. The molecule has 0 saturated heterocycles. The lowest BCUT2D eigenvalue weighted by Crippen LogP contribution is -2.38. The molecule has 0 bridgehead atoms. The summed E-state index contributed by atoms with van der Waals surface area (Å²) in [5.41, 5.74) is -0.526. The van der Waals surface area contributed by atoms with Gasteiger partial charge in [-0.2, -0.15) is 0 Å². The van der Waals surface area contributed by atoms with Crippen molar-refractivity contribution in [2.45, 2.75) is 6.04 Å². The highest BCUT2D eigenvalue weighted by Crippen LogP contribution is 2.38. The highest BCUT2D eigenvalue weighted by Gasteiger charge is 2.29. The Bertz CT molecular complexity index is 1410. The minimum atomic E-state index is -1.60. The number of aliphatic hydroxyl groups excluding tert-OH is 1. The number of aliphatic imine (C=N–C) groups is 1. The number of nitrogens with zero attached hydrogens (tertiary/aromatic N) is 2. The summed E-state index contributed by atoms with van der Waals surface area (Å²) < 4.78 is 42.2. The van der Waals surface area contributed by atoms with Crippen molar-refractivity contribution in [3.8, 4) is 5.88 Å². The largest absolute Gasteiger partial charge is 0.493 e. The van der Waals surface area contributed by atoms with Gasteiger partial charge in [-0.1, -0.05) is 23.7 Å². The van der Waals surface area contributed by atoms with Crippen LogP contribution in [0.2, 0.25) is 5.02 Å². The van der Waals surface area contributed by atoms with Crippen molar-refractivity contribution in [3.63, 3.8) is 0 Å². The van der Waals surface area contributed by atoms with E-state index in [9.17, 15) is 27.9 Å². The number of amides is 1. The van der Waals surface area contributed by atoms with Crippen LogP contribution < -0.4 is 11.0 Å². The normalized spacial score (nSPS) is 14.4. The molecule has 176 valence electrons. The summed E-state index contributed by atoms with van der Waals surface area (Å²) in [7, 11) is 0. The maximum absolute atomic E-state index is 14.2. The van der Waals surface area contributed by atoms with Gasteiger partial charge in [0.25, 0.3) is 0 Å². The summed E-state index contributed by atoms with van der Waals surface area (Å²) in [4.78, 5) is 31.9. The Morgan fingerprint density at radius 3 is 2.71 bits per heavy atom. The van der Waals surface area contributed by atoms with Crippen LogP contribution in [0, 0.1) is 17.5 Å². The van der Waals surface area contributed by atoms with Crippen molar-refractivity contribution >= 4 is 41.1 Å². The molecule has 0 spiro atoms. The lowest BCUT2D eigenvalue weighted by Gasteiger charge is -2.18. The van der Waals surface area contributed by atoms with Gasteiger partial charge in [-0.05, 0) is 29.8 Å². The molecule has 1 aliphatic rings. The van der Waals surface area contributed by atoms with Crippen molar-refractivity contribution in [1.82, 2.24) is 14.9 Å². The summed E-state index contributed by atoms with van der Waals surface area (Å²) in [5, 5.41) is 22.0. The van der Waals surface area contributed by atoms with Crippen LogP contribution in [0.5, 0.6) is 5.88 Å². The first-order valence-corrected chi connectivity index (χ1v) is 10.2. The van der Waals surface area contributed by atoms with Crippen molar-refractivity contribution in [3.05, 3.63) is 80.1 Å². The van der Waals surface area contributed by atoms with Crippen LogP contribution in [0.1, 0.15) is 22.9 Å². The number of carbonyl (C=O) groups is 1. The van der Waals surface area contributed by atoms with Gasteiger partial charge in [-0.25, -0.2) is 22.5 Å². The zero-order valence-electron chi connectivity index (χ0n) is 17.2. The standard InChI is InChI=1S/C22H16ClF3N4O4/c23-13-3-2-12-11(9-28-18(12)17(13)26)8-16-21(33)30(22(34)29-16)19(20(32)27-5-6-31)10-1-4-14(24)15(25)7-10/h1-4,7-9,19,31,33H,5-6H2,(H,27,32)(H,29,34). The number of imidazole rings is 1. The van der Waals surface area contributed by atoms with E-state index in [-0.39, 0.29) is 28.5 Å². The molecular weight excluding hydrogens is 477 g/mol. The fourth-order valence-electron chi connectivity index (χ4n) is 3.55. The molecule has 0 radical (unpaired) electrons. The summed E-state index contributed by atoms with van der Waals surface area (Å²) >= 11 is 5.77. The smallest absolute Gasteiger partial charge is 0.329 e.